The van der Waals surface area contributed by atoms with Crippen LogP contribution in [-0.4, -0.2) is 23.8 Å². The van der Waals surface area contributed by atoms with E-state index in [2.05, 4.69) is 6.92 Å². The van der Waals surface area contributed by atoms with Crippen LogP contribution in [0.25, 0.3) is 0 Å². The van der Waals surface area contributed by atoms with Gasteiger partial charge in [-0.15, -0.1) is 0 Å². The second kappa shape index (κ2) is 5.78. The van der Waals surface area contributed by atoms with E-state index in [9.17, 15) is 10.0 Å². The molecule has 15 heavy (non-hydrogen) atoms. The van der Waals surface area contributed by atoms with E-state index in [0.29, 0.717) is 17.8 Å². The average molecular weight is 208 g/mol. The summed E-state index contributed by atoms with van der Waals surface area (Å²) in [6.45, 7) is 4.48. The van der Waals surface area contributed by atoms with Crippen molar-refractivity contribution in [3.8, 4) is 5.75 Å². The molecule has 0 spiro atoms. The normalized spacial score (nSPS) is 10.1. The molecule has 0 saturated heterocycles. The van der Waals surface area contributed by atoms with Crippen LogP contribution < -0.4 is 10.2 Å². The molecule has 4 heteroatoms. The Balaban J connectivity index is 2.97. The van der Waals surface area contributed by atoms with Crippen molar-refractivity contribution < 1.29 is 14.8 Å². The zero-order valence-corrected chi connectivity index (χ0v) is 9.23. The van der Waals surface area contributed by atoms with Crippen molar-refractivity contribution >= 4 is 12.6 Å². The van der Waals surface area contributed by atoms with Gasteiger partial charge in [0.2, 0.25) is 0 Å². The third-order valence-corrected chi connectivity index (χ3v) is 2.19. The lowest BCUT2D eigenvalue weighted by molar-refractivity contribution is 0.340. The summed E-state index contributed by atoms with van der Waals surface area (Å²) in [6, 6.07) is 5.54. The molecule has 0 heterocycles. The topological polar surface area (TPSA) is 49.7 Å². The summed E-state index contributed by atoms with van der Waals surface area (Å²) in [4.78, 5) is 0. The summed E-state index contributed by atoms with van der Waals surface area (Å²) >= 11 is 0. The molecule has 1 rings (SSSR count). The van der Waals surface area contributed by atoms with Gasteiger partial charge >= 0.3 is 7.12 Å². The zero-order chi connectivity index (χ0) is 11.3. The van der Waals surface area contributed by atoms with Gasteiger partial charge in [-0.3, -0.25) is 0 Å². The molecule has 3 nitrogen and oxygen atoms in total. The minimum Gasteiger partial charge on any atom is -0.494 e. The molecular weight excluding hydrogens is 191 g/mol. The average Bonchev–Trinajstić information content (AvgIpc) is 2.21. The molecule has 1 aromatic carbocycles. The first-order chi connectivity index (χ1) is 7.19. The van der Waals surface area contributed by atoms with Crippen LogP contribution in [0.5, 0.6) is 5.75 Å². The SMILES string of the molecule is CCCc1ccc(OCC)c(B(O)O)c1. The van der Waals surface area contributed by atoms with Gasteiger partial charge in [0.15, 0.2) is 0 Å². The second-order valence-corrected chi connectivity index (χ2v) is 3.43. The Morgan fingerprint density at radius 3 is 2.53 bits per heavy atom. The van der Waals surface area contributed by atoms with Crippen molar-refractivity contribution in [1.29, 1.82) is 0 Å². The maximum absolute atomic E-state index is 9.20. The van der Waals surface area contributed by atoms with Crippen molar-refractivity contribution in [2.24, 2.45) is 0 Å². The van der Waals surface area contributed by atoms with Gasteiger partial charge in [0.25, 0.3) is 0 Å². The zero-order valence-electron chi connectivity index (χ0n) is 9.23. The molecule has 0 amide bonds. The van der Waals surface area contributed by atoms with Crippen molar-refractivity contribution in [3.63, 3.8) is 0 Å². The van der Waals surface area contributed by atoms with E-state index < -0.39 is 7.12 Å². The van der Waals surface area contributed by atoms with E-state index in [0.717, 1.165) is 18.4 Å². The molecule has 0 radical (unpaired) electrons. The van der Waals surface area contributed by atoms with Crippen molar-refractivity contribution in [2.45, 2.75) is 26.7 Å². The Hall–Kier alpha value is -0.995. The van der Waals surface area contributed by atoms with Gasteiger partial charge in [-0.25, -0.2) is 0 Å². The van der Waals surface area contributed by atoms with E-state index in [1.54, 1.807) is 12.1 Å². The molecule has 0 aliphatic carbocycles. The van der Waals surface area contributed by atoms with Crippen LogP contribution >= 0.6 is 0 Å². The molecule has 0 unspecified atom stereocenters. The van der Waals surface area contributed by atoms with E-state index in [4.69, 9.17) is 4.74 Å². The van der Waals surface area contributed by atoms with Crippen LogP contribution in [0.15, 0.2) is 18.2 Å². The number of benzene rings is 1. The molecular formula is C11H17BO3. The molecule has 0 saturated carbocycles. The lowest BCUT2D eigenvalue weighted by atomic mass is 9.78. The van der Waals surface area contributed by atoms with Crippen molar-refractivity contribution in [2.75, 3.05) is 6.61 Å². The highest BCUT2D eigenvalue weighted by Gasteiger charge is 2.17. The molecule has 1 aromatic rings. The quantitative estimate of drug-likeness (QED) is 0.701. The van der Waals surface area contributed by atoms with E-state index >= 15 is 0 Å². The smallest absolute Gasteiger partial charge is 0.492 e. The maximum atomic E-state index is 9.20. The van der Waals surface area contributed by atoms with Gasteiger partial charge < -0.3 is 14.8 Å². The fraction of sp³-hybridized carbons (Fsp3) is 0.455. The van der Waals surface area contributed by atoms with Gasteiger partial charge in [0, 0.05) is 5.46 Å². The third kappa shape index (κ3) is 3.25. The minimum atomic E-state index is -1.47. The lowest BCUT2D eigenvalue weighted by Crippen LogP contribution is -2.31. The summed E-state index contributed by atoms with van der Waals surface area (Å²) in [6.07, 6.45) is 1.97. The first-order valence-corrected chi connectivity index (χ1v) is 5.30. The molecule has 2 N–H and O–H groups in total. The van der Waals surface area contributed by atoms with Gasteiger partial charge in [0.05, 0.1) is 6.61 Å². The largest absolute Gasteiger partial charge is 0.494 e. The molecule has 82 valence electrons. The second-order valence-electron chi connectivity index (χ2n) is 3.43. The standard InChI is InChI=1S/C11H17BO3/c1-3-5-9-6-7-11(15-4-2)10(8-9)12(13)14/h6-8,13-14H,3-5H2,1-2H3. The Morgan fingerprint density at radius 2 is 2.00 bits per heavy atom. The Morgan fingerprint density at radius 1 is 1.27 bits per heavy atom. The van der Waals surface area contributed by atoms with Crippen LogP contribution in [0.2, 0.25) is 0 Å². The third-order valence-electron chi connectivity index (χ3n) is 2.19. The van der Waals surface area contributed by atoms with Gasteiger partial charge in [-0.05, 0) is 25.0 Å². The fourth-order valence-corrected chi connectivity index (χ4v) is 1.53. The van der Waals surface area contributed by atoms with Crippen molar-refractivity contribution in [1.82, 2.24) is 0 Å². The van der Waals surface area contributed by atoms with Crippen LogP contribution in [0.3, 0.4) is 0 Å². The predicted molar refractivity (Wildman–Crippen MR) is 61.4 cm³/mol. The summed E-state index contributed by atoms with van der Waals surface area (Å²) in [5, 5.41) is 18.4. The van der Waals surface area contributed by atoms with Crippen LogP contribution in [-0.2, 0) is 6.42 Å². The highest BCUT2D eigenvalue weighted by molar-refractivity contribution is 6.59. The molecule has 0 aliphatic heterocycles. The minimum absolute atomic E-state index is 0.447. The fourth-order valence-electron chi connectivity index (χ4n) is 1.53. The monoisotopic (exact) mass is 208 g/mol. The van der Waals surface area contributed by atoms with Gasteiger partial charge in [0.1, 0.15) is 5.75 Å². The van der Waals surface area contributed by atoms with Crippen LogP contribution in [0.1, 0.15) is 25.8 Å². The number of hydrogen-bond donors (Lipinski definition) is 2. The highest BCUT2D eigenvalue weighted by Crippen LogP contribution is 2.11. The predicted octanol–water partition coefficient (Wildman–Crippen LogP) is 0.718. The Labute approximate surface area is 90.9 Å². The molecule has 0 aliphatic rings. The molecule has 0 fully saturated rings. The number of rotatable bonds is 5. The first kappa shape index (κ1) is 12.1. The molecule has 0 atom stereocenters. The number of hydrogen-bond acceptors (Lipinski definition) is 3. The summed E-state index contributed by atoms with van der Waals surface area (Å²) in [7, 11) is -1.47. The van der Waals surface area contributed by atoms with E-state index in [1.165, 1.54) is 0 Å². The van der Waals surface area contributed by atoms with Crippen LogP contribution in [0, 0.1) is 0 Å². The number of ether oxygens (including phenoxy) is 1. The first-order valence-electron chi connectivity index (χ1n) is 5.30. The Bertz CT molecular complexity index is 313. The highest BCUT2D eigenvalue weighted by atomic mass is 16.5. The lowest BCUT2D eigenvalue weighted by Gasteiger charge is -2.11. The molecule has 0 bridgehead atoms. The number of aryl methyl sites for hydroxylation is 1. The van der Waals surface area contributed by atoms with Gasteiger partial charge in [-0.1, -0.05) is 25.5 Å². The van der Waals surface area contributed by atoms with Gasteiger partial charge in [-0.2, -0.15) is 0 Å². The van der Waals surface area contributed by atoms with E-state index in [1.807, 2.05) is 13.0 Å². The summed E-state index contributed by atoms with van der Waals surface area (Å²) < 4.78 is 5.31. The van der Waals surface area contributed by atoms with Crippen molar-refractivity contribution in [3.05, 3.63) is 23.8 Å². The van der Waals surface area contributed by atoms with E-state index in [-0.39, 0.29) is 0 Å². The Kier molecular flexibility index (Phi) is 4.65. The maximum Gasteiger partial charge on any atom is 0.492 e. The summed E-state index contributed by atoms with van der Waals surface area (Å²) in [5.41, 5.74) is 1.55. The molecule has 0 aromatic heterocycles. The summed E-state index contributed by atoms with van der Waals surface area (Å²) in [5.74, 6) is 0.548. The van der Waals surface area contributed by atoms with Crippen LogP contribution in [0.4, 0.5) is 0 Å².